The first-order chi connectivity index (χ1) is 9.93. The molecule has 2 heterocycles. The molecule has 0 aliphatic carbocycles. The van der Waals surface area contributed by atoms with Crippen molar-refractivity contribution in [2.75, 3.05) is 5.32 Å². The fraction of sp³-hybridized carbons (Fsp3) is 0.167. The van der Waals surface area contributed by atoms with Gasteiger partial charge in [0.2, 0.25) is 0 Å². The maximum Gasteiger partial charge on any atom is 0.193 e. The molecule has 1 aliphatic heterocycles. The van der Waals surface area contributed by atoms with E-state index in [-0.39, 0.29) is 16.5 Å². The minimum atomic E-state index is -4.06. The number of halogens is 2. The molecule has 21 heavy (non-hydrogen) atoms. The zero-order valence-corrected chi connectivity index (χ0v) is 12.1. The number of benzene rings is 1. The Bertz CT molecular complexity index is 815. The van der Waals surface area contributed by atoms with Gasteiger partial charge in [-0.1, -0.05) is 23.7 Å². The van der Waals surface area contributed by atoms with Gasteiger partial charge in [-0.3, -0.25) is 0 Å². The minimum Gasteiger partial charge on any atom is -0.364 e. The molecule has 0 saturated heterocycles. The van der Waals surface area contributed by atoms with Crippen LogP contribution in [0.1, 0.15) is 10.9 Å². The van der Waals surface area contributed by atoms with Crippen LogP contribution in [0.25, 0.3) is 0 Å². The average Bonchev–Trinajstić information content (AvgIpc) is 2.77. The summed E-state index contributed by atoms with van der Waals surface area (Å²) >= 11 is 5.89. The number of fused-ring (bicyclic) bond motifs is 1. The van der Waals surface area contributed by atoms with Crippen LogP contribution in [0.4, 0.5) is 10.1 Å². The number of nitrogens with zero attached hydrogens (tertiary/aromatic N) is 2. The standard InChI is InChI=1S/C12H10ClFN4O2S/c13-11-9-8(16-5-17-11)10(12(15)18-9)21(19,20)7-4-2-1-3-6(7)14/h1-5,10,12,18H,15H2. The third-order valence-electron chi connectivity index (χ3n) is 3.21. The first kappa shape index (κ1) is 14.2. The maximum absolute atomic E-state index is 13.8. The van der Waals surface area contributed by atoms with Crippen molar-refractivity contribution in [2.24, 2.45) is 5.73 Å². The molecular weight excluding hydrogens is 319 g/mol. The predicted octanol–water partition coefficient (Wildman–Crippen LogP) is 1.49. The lowest BCUT2D eigenvalue weighted by Gasteiger charge is -2.16. The van der Waals surface area contributed by atoms with Crippen LogP contribution in [0.2, 0.25) is 5.15 Å². The first-order valence-corrected chi connectivity index (χ1v) is 7.86. The Labute approximate surface area is 125 Å². The molecule has 2 atom stereocenters. The molecule has 0 amide bonds. The number of sulfone groups is 1. The smallest absolute Gasteiger partial charge is 0.193 e. The lowest BCUT2D eigenvalue weighted by Crippen LogP contribution is -2.35. The zero-order valence-electron chi connectivity index (χ0n) is 10.5. The predicted molar refractivity (Wildman–Crippen MR) is 75.0 cm³/mol. The summed E-state index contributed by atoms with van der Waals surface area (Å²) in [6.07, 6.45) is 0.156. The summed E-state index contributed by atoms with van der Waals surface area (Å²) in [4.78, 5) is 7.27. The third-order valence-corrected chi connectivity index (χ3v) is 5.63. The van der Waals surface area contributed by atoms with E-state index in [0.717, 1.165) is 12.4 Å². The Kier molecular flexibility index (Phi) is 3.31. The maximum atomic E-state index is 13.8. The number of hydrogen-bond acceptors (Lipinski definition) is 6. The van der Waals surface area contributed by atoms with Crippen molar-refractivity contribution in [2.45, 2.75) is 16.3 Å². The quantitative estimate of drug-likeness (QED) is 0.811. The van der Waals surface area contributed by atoms with Gasteiger partial charge in [-0.2, -0.15) is 0 Å². The Balaban J connectivity index is 2.18. The van der Waals surface area contributed by atoms with Crippen molar-refractivity contribution >= 4 is 27.1 Å². The van der Waals surface area contributed by atoms with Crippen LogP contribution in [0.3, 0.4) is 0 Å². The SMILES string of the molecule is NC1Nc2c(Cl)ncnc2C1S(=O)(=O)c1ccccc1F. The Morgan fingerprint density at radius 2 is 2.00 bits per heavy atom. The van der Waals surface area contributed by atoms with Crippen molar-refractivity contribution in [3.63, 3.8) is 0 Å². The van der Waals surface area contributed by atoms with Gasteiger partial charge in [-0.25, -0.2) is 22.8 Å². The van der Waals surface area contributed by atoms with Crippen molar-refractivity contribution < 1.29 is 12.8 Å². The number of rotatable bonds is 2. The van der Waals surface area contributed by atoms with Crippen LogP contribution >= 0.6 is 11.6 Å². The fourth-order valence-electron chi connectivity index (χ4n) is 2.29. The molecule has 110 valence electrons. The molecule has 2 unspecified atom stereocenters. The number of nitrogens with two attached hydrogens (primary N) is 1. The molecule has 0 saturated carbocycles. The Morgan fingerprint density at radius 1 is 1.29 bits per heavy atom. The van der Waals surface area contributed by atoms with Gasteiger partial charge in [-0.15, -0.1) is 0 Å². The van der Waals surface area contributed by atoms with Gasteiger partial charge in [0.05, 0.1) is 17.5 Å². The van der Waals surface area contributed by atoms with Crippen LogP contribution in [-0.4, -0.2) is 24.6 Å². The number of hydrogen-bond donors (Lipinski definition) is 2. The third kappa shape index (κ3) is 2.15. The van der Waals surface area contributed by atoms with E-state index in [2.05, 4.69) is 15.3 Å². The van der Waals surface area contributed by atoms with Crippen molar-refractivity contribution in [1.29, 1.82) is 0 Å². The molecule has 0 bridgehead atoms. The van der Waals surface area contributed by atoms with E-state index in [1.807, 2.05) is 0 Å². The molecule has 6 nitrogen and oxygen atoms in total. The molecule has 9 heteroatoms. The molecule has 0 spiro atoms. The van der Waals surface area contributed by atoms with E-state index < -0.39 is 32.0 Å². The second-order valence-electron chi connectivity index (χ2n) is 4.49. The van der Waals surface area contributed by atoms with Crippen LogP contribution in [0, 0.1) is 5.82 Å². The van der Waals surface area contributed by atoms with Crippen LogP contribution in [0.15, 0.2) is 35.5 Å². The normalized spacial score (nSPS) is 20.9. The molecule has 2 aromatic rings. The van der Waals surface area contributed by atoms with Gasteiger partial charge in [0.15, 0.2) is 15.0 Å². The summed E-state index contributed by atoms with van der Waals surface area (Å²) in [5.74, 6) is -0.835. The van der Waals surface area contributed by atoms with Crippen molar-refractivity contribution in [1.82, 2.24) is 9.97 Å². The number of anilines is 1. The lowest BCUT2D eigenvalue weighted by molar-refractivity contribution is 0.550. The van der Waals surface area contributed by atoms with Gasteiger partial charge in [0, 0.05) is 0 Å². The molecule has 1 aliphatic rings. The summed E-state index contributed by atoms with van der Waals surface area (Å²) in [6, 6.07) is 5.12. The molecular formula is C12H10ClFN4O2S. The number of aromatic nitrogens is 2. The fourth-order valence-corrected chi connectivity index (χ4v) is 4.29. The van der Waals surface area contributed by atoms with E-state index in [9.17, 15) is 12.8 Å². The van der Waals surface area contributed by atoms with E-state index >= 15 is 0 Å². The summed E-state index contributed by atoms with van der Waals surface area (Å²) in [5, 5.41) is 1.57. The highest BCUT2D eigenvalue weighted by atomic mass is 35.5. The van der Waals surface area contributed by atoms with Crippen molar-refractivity contribution in [3.05, 3.63) is 47.3 Å². The summed E-state index contributed by atoms with van der Waals surface area (Å²) < 4.78 is 39.2. The molecule has 1 aromatic carbocycles. The van der Waals surface area contributed by atoms with Gasteiger partial charge < -0.3 is 11.1 Å². The summed E-state index contributed by atoms with van der Waals surface area (Å²) in [7, 11) is -4.06. The van der Waals surface area contributed by atoms with Gasteiger partial charge in [0.1, 0.15) is 22.3 Å². The highest BCUT2D eigenvalue weighted by Gasteiger charge is 2.44. The zero-order chi connectivity index (χ0) is 15.2. The molecule has 0 radical (unpaired) electrons. The molecule has 3 rings (SSSR count). The van der Waals surface area contributed by atoms with E-state index in [0.29, 0.717) is 0 Å². The highest BCUT2D eigenvalue weighted by molar-refractivity contribution is 7.91. The highest BCUT2D eigenvalue weighted by Crippen LogP contribution is 2.42. The summed E-state index contributed by atoms with van der Waals surface area (Å²) in [6.45, 7) is 0. The monoisotopic (exact) mass is 328 g/mol. The Hall–Kier alpha value is -1.77. The molecule has 3 N–H and O–H groups in total. The Morgan fingerprint density at radius 3 is 2.71 bits per heavy atom. The topological polar surface area (TPSA) is 98.0 Å². The molecule has 0 fully saturated rings. The average molecular weight is 329 g/mol. The largest absolute Gasteiger partial charge is 0.364 e. The van der Waals surface area contributed by atoms with E-state index in [1.165, 1.54) is 18.2 Å². The second kappa shape index (κ2) is 4.90. The lowest BCUT2D eigenvalue weighted by atomic mass is 10.3. The summed E-state index contributed by atoms with van der Waals surface area (Å²) in [5.41, 5.74) is 6.24. The van der Waals surface area contributed by atoms with Crippen LogP contribution < -0.4 is 11.1 Å². The van der Waals surface area contributed by atoms with Crippen LogP contribution in [-0.2, 0) is 9.84 Å². The van der Waals surface area contributed by atoms with Crippen molar-refractivity contribution in [3.8, 4) is 0 Å². The van der Waals surface area contributed by atoms with Crippen LogP contribution in [0.5, 0.6) is 0 Å². The molecule has 1 aromatic heterocycles. The van der Waals surface area contributed by atoms with E-state index in [4.69, 9.17) is 17.3 Å². The van der Waals surface area contributed by atoms with Gasteiger partial charge >= 0.3 is 0 Å². The number of nitrogens with one attached hydrogen (secondary N) is 1. The van der Waals surface area contributed by atoms with Gasteiger partial charge in [0.25, 0.3) is 0 Å². The first-order valence-electron chi connectivity index (χ1n) is 5.94. The van der Waals surface area contributed by atoms with Gasteiger partial charge in [-0.05, 0) is 12.1 Å². The second-order valence-corrected chi connectivity index (χ2v) is 6.89. The minimum absolute atomic E-state index is 0.0710. The van der Waals surface area contributed by atoms with E-state index in [1.54, 1.807) is 0 Å².